The fraction of sp³-hybridized carbons (Fsp3) is 0.250. The van der Waals surface area contributed by atoms with Gasteiger partial charge < -0.3 is 9.30 Å². The molecule has 0 aliphatic rings. The maximum Gasteiger partial charge on any atom is 0.252 e. The summed E-state index contributed by atoms with van der Waals surface area (Å²) in [5.74, 6) is -0.132. The second-order valence-electron chi connectivity index (χ2n) is 7.25. The average molecular weight is 405 g/mol. The molecule has 0 spiro atoms. The topological polar surface area (TPSA) is 43.6 Å². The van der Waals surface area contributed by atoms with E-state index in [0.717, 1.165) is 31.4 Å². The number of benzene rings is 3. The van der Waals surface area contributed by atoms with Crippen molar-refractivity contribution in [2.24, 2.45) is 4.99 Å². The number of aromatic nitrogens is 1. The summed E-state index contributed by atoms with van der Waals surface area (Å²) < 4.78 is 8.51. The van der Waals surface area contributed by atoms with Crippen LogP contribution in [0, 0.1) is 13.8 Å². The van der Waals surface area contributed by atoms with E-state index in [4.69, 9.17) is 4.74 Å². The molecule has 0 radical (unpaired) electrons. The normalized spacial score (nSPS) is 12.2. The predicted octanol–water partition coefficient (Wildman–Crippen LogP) is 4.79. The van der Waals surface area contributed by atoms with E-state index in [0.29, 0.717) is 13.2 Å². The third-order valence-electron chi connectivity index (χ3n) is 5.26. The van der Waals surface area contributed by atoms with Gasteiger partial charge in [-0.2, -0.15) is 4.99 Å². The Labute approximate surface area is 174 Å². The number of rotatable bonds is 5. The van der Waals surface area contributed by atoms with Crippen molar-refractivity contribution < 1.29 is 9.53 Å². The number of ether oxygens (including phenoxy) is 1. The maximum atomic E-state index is 12.9. The molecule has 0 N–H and O–H groups in total. The number of hydrogen-bond donors (Lipinski definition) is 0. The Hall–Kier alpha value is -2.76. The minimum atomic E-state index is -0.132. The first-order chi connectivity index (χ1) is 14.1. The van der Waals surface area contributed by atoms with E-state index in [2.05, 4.69) is 53.7 Å². The van der Waals surface area contributed by atoms with Crippen molar-refractivity contribution >= 4 is 38.2 Å². The summed E-state index contributed by atoms with van der Waals surface area (Å²) in [4.78, 5) is 18.1. The highest BCUT2D eigenvalue weighted by Crippen LogP contribution is 2.22. The van der Waals surface area contributed by atoms with Crippen molar-refractivity contribution in [3.05, 3.63) is 76.1 Å². The van der Waals surface area contributed by atoms with Gasteiger partial charge in [0.1, 0.15) is 0 Å². The lowest BCUT2D eigenvalue weighted by atomic mass is 10.0. The first-order valence-electron chi connectivity index (χ1n) is 9.70. The number of fused-ring (bicyclic) bond motifs is 2. The van der Waals surface area contributed by atoms with Crippen molar-refractivity contribution in [3.63, 3.8) is 0 Å². The van der Waals surface area contributed by atoms with E-state index in [1.165, 1.54) is 11.1 Å². The fourth-order valence-corrected chi connectivity index (χ4v) is 4.71. The molecule has 4 aromatic rings. The molecule has 1 aromatic heterocycles. The van der Waals surface area contributed by atoms with Crippen LogP contribution in [0.1, 0.15) is 16.7 Å². The summed E-state index contributed by atoms with van der Waals surface area (Å²) in [6.45, 7) is 5.45. The third kappa shape index (κ3) is 4.02. The van der Waals surface area contributed by atoms with E-state index in [9.17, 15) is 4.79 Å². The van der Waals surface area contributed by atoms with Gasteiger partial charge >= 0.3 is 0 Å². The van der Waals surface area contributed by atoms with Crippen LogP contribution >= 0.6 is 11.3 Å². The summed E-state index contributed by atoms with van der Waals surface area (Å²) in [6, 6.07) is 18.5. The summed E-state index contributed by atoms with van der Waals surface area (Å²) in [5.41, 5.74) is 4.58. The number of aryl methyl sites for hydroxylation is 2. The van der Waals surface area contributed by atoms with Gasteiger partial charge in [0, 0.05) is 13.7 Å². The smallest absolute Gasteiger partial charge is 0.252 e. The van der Waals surface area contributed by atoms with Gasteiger partial charge in [-0.05, 0) is 53.4 Å². The van der Waals surface area contributed by atoms with Gasteiger partial charge in [0.05, 0.1) is 23.2 Å². The van der Waals surface area contributed by atoms with E-state index >= 15 is 0 Å². The van der Waals surface area contributed by atoms with E-state index in [1.54, 1.807) is 18.4 Å². The molecule has 0 aliphatic heterocycles. The molecule has 29 heavy (non-hydrogen) atoms. The highest BCUT2D eigenvalue weighted by molar-refractivity contribution is 7.16. The van der Waals surface area contributed by atoms with Crippen LogP contribution in [0.3, 0.4) is 0 Å². The van der Waals surface area contributed by atoms with Gasteiger partial charge in [-0.3, -0.25) is 4.79 Å². The lowest BCUT2D eigenvalue weighted by Crippen LogP contribution is -2.19. The minimum Gasteiger partial charge on any atom is -0.383 e. The molecular weight excluding hydrogens is 380 g/mol. The standard InChI is InChI=1S/C24H24N2O2S/c1-16-13-21-22(14-17(16)2)29-24(26(21)11-12-28-3)25-23(27)15-19-9-6-8-18-7-4-5-10-20(18)19/h4-10,13-14H,11-12,15H2,1-3H3. The molecule has 148 valence electrons. The second kappa shape index (κ2) is 8.31. The van der Waals surface area contributed by atoms with Gasteiger partial charge in [-0.1, -0.05) is 53.8 Å². The SMILES string of the molecule is COCCn1c(=NC(=O)Cc2cccc3ccccc23)sc2cc(C)c(C)cc21. The molecule has 0 unspecified atom stereocenters. The first-order valence-corrected chi connectivity index (χ1v) is 10.5. The quantitative estimate of drug-likeness (QED) is 0.480. The van der Waals surface area contributed by atoms with Crippen LogP contribution in [0.15, 0.2) is 59.6 Å². The van der Waals surface area contributed by atoms with Crippen molar-refractivity contribution in [2.45, 2.75) is 26.8 Å². The van der Waals surface area contributed by atoms with Crippen LogP contribution < -0.4 is 4.80 Å². The number of methoxy groups -OCH3 is 1. The summed E-state index contributed by atoms with van der Waals surface area (Å²) in [7, 11) is 1.69. The largest absolute Gasteiger partial charge is 0.383 e. The number of carbonyl (C=O) groups is 1. The van der Waals surface area contributed by atoms with Crippen molar-refractivity contribution in [2.75, 3.05) is 13.7 Å². The van der Waals surface area contributed by atoms with Gasteiger partial charge in [0.2, 0.25) is 0 Å². The lowest BCUT2D eigenvalue weighted by Gasteiger charge is -2.06. The molecule has 4 nitrogen and oxygen atoms in total. The second-order valence-corrected chi connectivity index (χ2v) is 8.26. The number of thiazole rings is 1. The summed E-state index contributed by atoms with van der Waals surface area (Å²) >= 11 is 1.56. The molecule has 0 aliphatic carbocycles. The Bertz CT molecular complexity index is 1260. The molecule has 1 amide bonds. The molecule has 4 rings (SSSR count). The average Bonchev–Trinajstić information content (AvgIpc) is 3.02. The molecular formula is C24H24N2O2S. The molecule has 0 fully saturated rings. The summed E-state index contributed by atoms with van der Waals surface area (Å²) in [6.07, 6.45) is 0.290. The minimum absolute atomic E-state index is 0.132. The number of nitrogens with zero attached hydrogens (tertiary/aromatic N) is 2. The molecule has 3 aromatic carbocycles. The monoisotopic (exact) mass is 404 g/mol. The number of amides is 1. The van der Waals surface area contributed by atoms with Crippen LogP contribution in [0.5, 0.6) is 0 Å². The van der Waals surface area contributed by atoms with Crippen LogP contribution in [-0.2, 0) is 22.5 Å². The third-order valence-corrected chi connectivity index (χ3v) is 6.30. The molecule has 0 atom stereocenters. The van der Waals surface area contributed by atoms with E-state index in [1.807, 2.05) is 24.3 Å². The number of hydrogen-bond acceptors (Lipinski definition) is 3. The highest BCUT2D eigenvalue weighted by atomic mass is 32.1. The van der Waals surface area contributed by atoms with Gasteiger partial charge in [-0.25, -0.2) is 0 Å². The van der Waals surface area contributed by atoms with Gasteiger partial charge in [-0.15, -0.1) is 0 Å². The van der Waals surface area contributed by atoms with E-state index < -0.39 is 0 Å². The predicted molar refractivity (Wildman–Crippen MR) is 119 cm³/mol. The van der Waals surface area contributed by atoms with Crippen molar-refractivity contribution in [3.8, 4) is 0 Å². The zero-order chi connectivity index (χ0) is 20.4. The fourth-order valence-electron chi connectivity index (χ4n) is 3.56. The Morgan fingerprint density at radius 2 is 1.83 bits per heavy atom. The highest BCUT2D eigenvalue weighted by Gasteiger charge is 2.11. The van der Waals surface area contributed by atoms with Gasteiger partial charge in [0.25, 0.3) is 5.91 Å². The molecule has 1 heterocycles. The molecule has 0 bridgehead atoms. The zero-order valence-electron chi connectivity index (χ0n) is 16.9. The number of carbonyl (C=O) groups excluding carboxylic acids is 1. The van der Waals surface area contributed by atoms with Crippen molar-refractivity contribution in [1.82, 2.24) is 4.57 Å². The Morgan fingerprint density at radius 3 is 2.66 bits per heavy atom. The van der Waals surface area contributed by atoms with Crippen LogP contribution in [-0.4, -0.2) is 24.2 Å². The molecule has 0 saturated heterocycles. The first kappa shape index (κ1) is 19.6. The zero-order valence-corrected chi connectivity index (χ0v) is 17.8. The lowest BCUT2D eigenvalue weighted by molar-refractivity contribution is -0.117. The van der Waals surface area contributed by atoms with Crippen LogP contribution in [0.25, 0.3) is 21.0 Å². The van der Waals surface area contributed by atoms with Crippen molar-refractivity contribution in [1.29, 1.82) is 0 Å². The molecule has 0 saturated carbocycles. The van der Waals surface area contributed by atoms with Gasteiger partial charge in [0.15, 0.2) is 4.80 Å². The van der Waals surface area contributed by atoms with Crippen LogP contribution in [0.4, 0.5) is 0 Å². The summed E-state index contributed by atoms with van der Waals surface area (Å²) in [5, 5.41) is 2.24. The Kier molecular flexibility index (Phi) is 5.60. The Morgan fingerprint density at radius 1 is 1.07 bits per heavy atom. The Balaban J connectivity index is 1.75. The maximum absolute atomic E-state index is 12.9. The van der Waals surface area contributed by atoms with E-state index in [-0.39, 0.29) is 12.3 Å². The molecule has 5 heteroatoms. The van der Waals surface area contributed by atoms with Crippen LogP contribution in [0.2, 0.25) is 0 Å².